The van der Waals surface area contributed by atoms with Crippen molar-refractivity contribution in [2.75, 3.05) is 0 Å². The number of ether oxygens (including phenoxy) is 1. The number of hydrogen-bond donors (Lipinski definition) is 1. The molecule has 0 saturated carbocycles. The molecule has 0 aliphatic heterocycles. The van der Waals surface area contributed by atoms with Gasteiger partial charge in [0.1, 0.15) is 5.75 Å². The largest absolute Gasteiger partial charge is 0.435 e. The lowest BCUT2D eigenvalue weighted by atomic mass is 10.2. The first-order valence-electron chi connectivity index (χ1n) is 5.20. The molecule has 1 unspecified atom stereocenters. The molecule has 2 N–H and O–H groups in total. The number of nitrogens with zero attached hydrogens (tertiary/aromatic N) is 2. The predicted molar refractivity (Wildman–Crippen MR) is 59.0 cm³/mol. The summed E-state index contributed by atoms with van der Waals surface area (Å²) in [6.45, 7) is -1.12. The summed E-state index contributed by atoms with van der Waals surface area (Å²) in [6.07, 6.45) is 0. The van der Waals surface area contributed by atoms with Crippen LogP contribution in [0.2, 0.25) is 0 Å². The second kappa shape index (κ2) is 5.09. The van der Waals surface area contributed by atoms with Crippen LogP contribution < -0.4 is 10.5 Å². The minimum atomic E-state index is -2.84. The Bertz CT molecular complexity index is 511. The van der Waals surface area contributed by atoms with Gasteiger partial charge < -0.3 is 15.0 Å². The molecule has 0 aliphatic carbocycles. The smallest absolute Gasteiger partial charge is 0.387 e. The SMILES string of the molecule is CC(N)c1nc(-c2ccc(OC(F)F)cc2)no1. The Kier molecular flexibility index (Phi) is 3.52. The fourth-order valence-corrected chi connectivity index (χ4v) is 1.32. The molecule has 1 aromatic heterocycles. The average Bonchev–Trinajstić information content (AvgIpc) is 2.78. The Morgan fingerprint density at radius 2 is 1.94 bits per heavy atom. The molecule has 0 fully saturated rings. The molecule has 1 atom stereocenters. The van der Waals surface area contributed by atoms with Crippen molar-refractivity contribution in [1.29, 1.82) is 0 Å². The van der Waals surface area contributed by atoms with Crippen molar-refractivity contribution in [2.24, 2.45) is 5.73 Å². The summed E-state index contributed by atoms with van der Waals surface area (Å²) in [4.78, 5) is 4.08. The average molecular weight is 255 g/mol. The van der Waals surface area contributed by atoms with E-state index in [1.165, 1.54) is 12.1 Å². The lowest BCUT2D eigenvalue weighted by Crippen LogP contribution is -2.04. The molecule has 0 amide bonds. The Labute approximate surface area is 102 Å². The number of benzene rings is 1. The van der Waals surface area contributed by atoms with Crippen LogP contribution in [0.3, 0.4) is 0 Å². The highest BCUT2D eigenvalue weighted by molar-refractivity contribution is 5.55. The molecule has 0 aliphatic rings. The highest BCUT2D eigenvalue weighted by Gasteiger charge is 2.12. The van der Waals surface area contributed by atoms with Gasteiger partial charge in [-0.05, 0) is 31.2 Å². The summed E-state index contributed by atoms with van der Waals surface area (Å²) in [6, 6.07) is 5.58. The maximum atomic E-state index is 12.0. The minimum absolute atomic E-state index is 0.0738. The van der Waals surface area contributed by atoms with Crippen molar-refractivity contribution in [3.8, 4) is 17.1 Å². The molecule has 2 aromatic rings. The molecular formula is C11H11F2N3O2. The standard InChI is InChI=1S/C11H11F2N3O2/c1-6(14)10-15-9(16-18-10)7-2-4-8(5-3-7)17-11(12)13/h2-6,11H,14H2,1H3. The second-order valence-corrected chi connectivity index (χ2v) is 3.65. The second-order valence-electron chi connectivity index (χ2n) is 3.65. The fraction of sp³-hybridized carbons (Fsp3) is 0.273. The molecule has 2 rings (SSSR count). The Balaban J connectivity index is 2.17. The van der Waals surface area contributed by atoms with Crippen LogP contribution in [0.1, 0.15) is 18.9 Å². The number of rotatable bonds is 4. The van der Waals surface area contributed by atoms with Crippen molar-refractivity contribution >= 4 is 0 Å². The summed E-state index contributed by atoms with van der Waals surface area (Å²) >= 11 is 0. The first-order valence-corrected chi connectivity index (χ1v) is 5.20. The first kappa shape index (κ1) is 12.4. The Hall–Kier alpha value is -2.02. The molecule has 96 valence electrons. The van der Waals surface area contributed by atoms with Crippen LogP contribution in [0.25, 0.3) is 11.4 Å². The highest BCUT2D eigenvalue weighted by Crippen LogP contribution is 2.21. The lowest BCUT2D eigenvalue weighted by molar-refractivity contribution is -0.0498. The van der Waals surface area contributed by atoms with Gasteiger partial charge in [0.2, 0.25) is 11.7 Å². The van der Waals surface area contributed by atoms with E-state index in [1.807, 2.05) is 0 Å². The molecule has 1 heterocycles. The van der Waals surface area contributed by atoms with Crippen LogP contribution >= 0.6 is 0 Å². The predicted octanol–water partition coefficient (Wildman–Crippen LogP) is 2.36. The number of alkyl halides is 2. The molecule has 0 spiro atoms. The summed E-state index contributed by atoms with van der Waals surface area (Å²) < 4.78 is 33.1. The van der Waals surface area contributed by atoms with Gasteiger partial charge in [-0.15, -0.1) is 0 Å². The van der Waals surface area contributed by atoms with Gasteiger partial charge in [0, 0.05) is 5.56 Å². The highest BCUT2D eigenvalue weighted by atomic mass is 19.3. The maximum Gasteiger partial charge on any atom is 0.387 e. The van der Waals surface area contributed by atoms with E-state index in [1.54, 1.807) is 19.1 Å². The summed E-state index contributed by atoms with van der Waals surface area (Å²) in [5, 5.41) is 3.74. The molecule has 18 heavy (non-hydrogen) atoms. The third-order valence-electron chi connectivity index (χ3n) is 2.17. The maximum absolute atomic E-state index is 12.0. The van der Waals surface area contributed by atoms with Gasteiger partial charge >= 0.3 is 6.61 Å². The number of aromatic nitrogens is 2. The van der Waals surface area contributed by atoms with Crippen LogP contribution in [0.5, 0.6) is 5.75 Å². The van der Waals surface area contributed by atoms with E-state index in [0.29, 0.717) is 17.3 Å². The van der Waals surface area contributed by atoms with Crippen LogP contribution in [0.15, 0.2) is 28.8 Å². The van der Waals surface area contributed by atoms with Gasteiger partial charge in [-0.3, -0.25) is 0 Å². The van der Waals surface area contributed by atoms with Crippen molar-refractivity contribution in [3.63, 3.8) is 0 Å². The summed E-state index contributed by atoms with van der Waals surface area (Å²) in [7, 11) is 0. The van der Waals surface area contributed by atoms with E-state index in [0.717, 1.165) is 0 Å². The zero-order chi connectivity index (χ0) is 13.1. The first-order chi connectivity index (χ1) is 8.56. The van der Waals surface area contributed by atoms with Crippen LogP contribution in [0.4, 0.5) is 8.78 Å². The van der Waals surface area contributed by atoms with Gasteiger partial charge in [0.25, 0.3) is 0 Å². The van der Waals surface area contributed by atoms with Gasteiger partial charge in [0.15, 0.2) is 0 Å². The van der Waals surface area contributed by atoms with Gasteiger partial charge in [0.05, 0.1) is 6.04 Å². The molecule has 0 saturated heterocycles. The van der Waals surface area contributed by atoms with Crippen molar-refractivity contribution < 1.29 is 18.0 Å². The normalized spacial score (nSPS) is 12.7. The van der Waals surface area contributed by atoms with Crippen LogP contribution in [0, 0.1) is 0 Å². The van der Waals surface area contributed by atoms with E-state index in [2.05, 4.69) is 14.9 Å². The van der Waals surface area contributed by atoms with Crippen LogP contribution in [-0.4, -0.2) is 16.8 Å². The Morgan fingerprint density at radius 1 is 1.28 bits per heavy atom. The molecule has 1 aromatic carbocycles. The van der Waals surface area contributed by atoms with Crippen molar-refractivity contribution in [1.82, 2.24) is 10.1 Å². The number of halogens is 2. The van der Waals surface area contributed by atoms with E-state index < -0.39 is 6.61 Å². The van der Waals surface area contributed by atoms with Gasteiger partial charge in [-0.2, -0.15) is 13.8 Å². The number of hydrogen-bond acceptors (Lipinski definition) is 5. The quantitative estimate of drug-likeness (QED) is 0.907. The minimum Gasteiger partial charge on any atom is -0.435 e. The molecule has 0 radical (unpaired) electrons. The Morgan fingerprint density at radius 3 is 2.44 bits per heavy atom. The number of nitrogens with two attached hydrogens (primary N) is 1. The third-order valence-corrected chi connectivity index (χ3v) is 2.17. The lowest BCUT2D eigenvalue weighted by Gasteiger charge is -2.03. The topological polar surface area (TPSA) is 74.2 Å². The summed E-state index contributed by atoms with van der Waals surface area (Å²) in [5.41, 5.74) is 6.22. The zero-order valence-corrected chi connectivity index (χ0v) is 9.51. The van der Waals surface area contributed by atoms with E-state index in [9.17, 15) is 8.78 Å². The third kappa shape index (κ3) is 2.80. The molecular weight excluding hydrogens is 244 g/mol. The zero-order valence-electron chi connectivity index (χ0n) is 9.51. The molecule has 5 nitrogen and oxygen atoms in total. The van der Waals surface area contributed by atoms with E-state index in [-0.39, 0.29) is 11.8 Å². The fourth-order valence-electron chi connectivity index (χ4n) is 1.32. The van der Waals surface area contributed by atoms with Gasteiger partial charge in [-0.1, -0.05) is 5.16 Å². The van der Waals surface area contributed by atoms with Crippen molar-refractivity contribution in [2.45, 2.75) is 19.6 Å². The van der Waals surface area contributed by atoms with E-state index >= 15 is 0 Å². The van der Waals surface area contributed by atoms with E-state index in [4.69, 9.17) is 10.3 Å². The molecule has 0 bridgehead atoms. The summed E-state index contributed by atoms with van der Waals surface area (Å²) in [5.74, 6) is 0.744. The monoisotopic (exact) mass is 255 g/mol. The van der Waals surface area contributed by atoms with Crippen molar-refractivity contribution in [3.05, 3.63) is 30.2 Å². The van der Waals surface area contributed by atoms with Gasteiger partial charge in [-0.25, -0.2) is 0 Å². The van der Waals surface area contributed by atoms with Crippen LogP contribution in [-0.2, 0) is 0 Å². The molecule has 7 heteroatoms.